The van der Waals surface area contributed by atoms with Gasteiger partial charge in [0, 0.05) is 6.04 Å². The third-order valence-corrected chi connectivity index (χ3v) is 4.65. The molecule has 4 N–H and O–H groups in total. The Bertz CT molecular complexity index is 603. The fraction of sp³-hybridized carbons (Fsp3) is 0.500. The number of anilines is 2. The molecule has 2 heterocycles. The highest BCUT2D eigenvalue weighted by Gasteiger charge is 2.33. The van der Waals surface area contributed by atoms with E-state index in [0.717, 1.165) is 12.1 Å². The lowest BCUT2D eigenvalue weighted by molar-refractivity contribution is -0.137. The van der Waals surface area contributed by atoms with Crippen molar-refractivity contribution in [3.63, 3.8) is 0 Å². The van der Waals surface area contributed by atoms with Crippen molar-refractivity contribution in [3.8, 4) is 0 Å². The number of rotatable bonds is 3. The molecule has 1 aliphatic heterocycles. The normalized spacial score (nSPS) is 21.7. The number of hydrogen-bond acceptors (Lipinski definition) is 6. The number of nitrogens with two attached hydrogens (primary N) is 1. The molecular weight excluding hydrogens is 297 g/mol. The number of nitrogens with one attached hydrogen (secondary N) is 2. The van der Waals surface area contributed by atoms with Crippen LogP contribution in [0.5, 0.6) is 0 Å². The van der Waals surface area contributed by atoms with E-state index in [0.29, 0.717) is 6.42 Å². The molecule has 1 atom stereocenters. The molecule has 0 amide bonds. The van der Waals surface area contributed by atoms with Crippen LogP contribution in [0.2, 0.25) is 0 Å². The average Bonchev–Trinajstić information content (AvgIpc) is 2.67. The molecule has 0 saturated carbocycles. The molecule has 0 spiro atoms. The predicted octanol–water partition coefficient (Wildman–Crippen LogP) is 0.985. The van der Waals surface area contributed by atoms with Crippen molar-refractivity contribution in [2.45, 2.75) is 18.6 Å². The highest BCUT2D eigenvalue weighted by molar-refractivity contribution is 7.91. The molecule has 0 radical (unpaired) electrons. The van der Waals surface area contributed by atoms with Gasteiger partial charge in [0.15, 0.2) is 9.84 Å². The summed E-state index contributed by atoms with van der Waals surface area (Å²) in [5.74, 6) is 4.77. The van der Waals surface area contributed by atoms with Crippen LogP contribution in [0.1, 0.15) is 12.0 Å². The second kappa shape index (κ2) is 5.09. The van der Waals surface area contributed by atoms with Crippen LogP contribution >= 0.6 is 0 Å². The Morgan fingerprint density at radius 3 is 2.45 bits per heavy atom. The smallest absolute Gasteiger partial charge is 0.366 e. The summed E-state index contributed by atoms with van der Waals surface area (Å²) >= 11 is 0. The zero-order valence-corrected chi connectivity index (χ0v) is 11.1. The van der Waals surface area contributed by atoms with Gasteiger partial charge in [-0.15, -0.1) is 0 Å². The van der Waals surface area contributed by atoms with Crippen LogP contribution in [0.3, 0.4) is 0 Å². The third kappa shape index (κ3) is 3.51. The van der Waals surface area contributed by atoms with Gasteiger partial charge < -0.3 is 10.7 Å². The monoisotopic (exact) mass is 310 g/mol. The highest BCUT2D eigenvalue weighted by Crippen LogP contribution is 2.32. The maximum Gasteiger partial charge on any atom is 0.416 e. The van der Waals surface area contributed by atoms with Crippen LogP contribution in [0.25, 0.3) is 0 Å². The van der Waals surface area contributed by atoms with Crippen molar-refractivity contribution in [3.05, 3.63) is 17.7 Å². The molecule has 0 aromatic carbocycles. The molecule has 0 aliphatic carbocycles. The number of hydrazine groups is 1. The van der Waals surface area contributed by atoms with Gasteiger partial charge in [-0.25, -0.2) is 19.2 Å². The summed E-state index contributed by atoms with van der Waals surface area (Å²) in [5.41, 5.74) is 1.14. The SMILES string of the molecule is NNc1cc(C(F)(F)F)cc(NC2CCS(=O)(=O)C2)n1. The van der Waals surface area contributed by atoms with Gasteiger partial charge in [-0.2, -0.15) is 13.2 Å². The standard InChI is InChI=1S/C10H13F3N4O2S/c11-10(12,13)6-3-8(16-9(4-6)17-14)15-7-1-2-20(18,19)5-7/h3-4,7H,1-2,5,14H2,(H2,15,16,17). The first-order valence-corrected chi connectivity index (χ1v) is 7.54. The predicted molar refractivity (Wildman–Crippen MR) is 67.7 cm³/mol. The molecule has 1 fully saturated rings. The van der Waals surface area contributed by atoms with Gasteiger partial charge in [0.05, 0.1) is 17.1 Å². The van der Waals surface area contributed by atoms with Gasteiger partial charge in [-0.1, -0.05) is 0 Å². The average molecular weight is 310 g/mol. The van der Waals surface area contributed by atoms with Gasteiger partial charge in [0.25, 0.3) is 0 Å². The van der Waals surface area contributed by atoms with Crippen molar-refractivity contribution in [2.24, 2.45) is 5.84 Å². The van der Waals surface area contributed by atoms with Gasteiger partial charge in [0.1, 0.15) is 11.6 Å². The summed E-state index contributed by atoms with van der Waals surface area (Å²) in [5, 5.41) is 2.70. The zero-order valence-electron chi connectivity index (χ0n) is 10.2. The molecule has 20 heavy (non-hydrogen) atoms. The van der Waals surface area contributed by atoms with E-state index < -0.39 is 27.6 Å². The molecule has 1 unspecified atom stereocenters. The van der Waals surface area contributed by atoms with E-state index in [9.17, 15) is 21.6 Å². The Balaban J connectivity index is 2.23. The molecule has 1 saturated heterocycles. The van der Waals surface area contributed by atoms with E-state index >= 15 is 0 Å². The first-order chi connectivity index (χ1) is 9.19. The Morgan fingerprint density at radius 1 is 1.30 bits per heavy atom. The van der Waals surface area contributed by atoms with Crippen molar-refractivity contribution in [1.29, 1.82) is 0 Å². The van der Waals surface area contributed by atoms with Gasteiger partial charge in [-0.05, 0) is 18.6 Å². The Labute approximate surface area is 113 Å². The topological polar surface area (TPSA) is 97.1 Å². The molecule has 10 heteroatoms. The minimum Gasteiger partial charge on any atom is -0.366 e. The van der Waals surface area contributed by atoms with Crippen LogP contribution in [0.4, 0.5) is 24.8 Å². The lowest BCUT2D eigenvalue weighted by Crippen LogP contribution is -2.22. The van der Waals surface area contributed by atoms with Gasteiger partial charge in [-0.3, -0.25) is 0 Å². The molecule has 1 aromatic heterocycles. The number of halogens is 3. The summed E-state index contributed by atoms with van der Waals surface area (Å²) in [6.07, 6.45) is -4.20. The fourth-order valence-electron chi connectivity index (χ4n) is 1.96. The minimum absolute atomic E-state index is 0.0195. The van der Waals surface area contributed by atoms with Crippen LogP contribution in [0.15, 0.2) is 12.1 Å². The molecule has 112 valence electrons. The van der Waals surface area contributed by atoms with Gasteiger partial charge >= 0.3 is 6.18 Å². The zero-order chi connectivity index (χ0) is 15.0. The van der Waals surface area contributed by atoms with E-state index in [1.165, 1.54) is 0 Å². The summed E-state index contributed by atoms with van der Waals surface area (Å²) in [4.78, 5) is 3.83. The molecule has 0 bridgehead atoms. The van der Waals surface area contributed by atoms with Crippen molar-refractivity contribution >= 4 is 21.5 Å². The number of nitrogens with zero attached hydrogens (tertiary/aromatic N) is 1. The van der Waals surface area contributed by atoms with Crippen LogP contribution < -0.4 is 16.6 Å². The fourth-order valence-corrected chi connectivity index (χ4v) is 3.63. The van der Waals surface area contributed by atoms with E-state index in [1.54, 1.807) is 0 Å². The maximum absolute atomic E-state index is 12.7. The highest BCUT2D eigenvalue weighted by atomic mass is 32.2. The van der Waals surface area contributed by atoms with Crippen molar-refractivity contribution in [1.82, 2.24) is 4.98 Å². The first-order valence-electron chi connectivity index (χ1n) is 5.72. The third-order valence-electron chi connectivity index (χ3n) is 2.88. The largest absolute Gasteiger partial charge is 0.416 e. The van der Waals surface area contributed by atoms with E-state index in [2.05, 4.69) is 15.7 Å². The summed E-state index contributed by atoms with van der Waals surface area (Å²) in [7, 11) is -3.12. The summed E-state index contributed by atoms with van der Waals surface area (Å²) in [6.45, 7) is 0. The van der Waals surface area contributed by atoms with E-state index in [1.807, 2.05) is 0 Å². The van der Waals surface area contributed by atoms with Crippen LogP contribution in [0, 0.1) is 0 Å². The molecule has 6 nitrogen and oxygen atoms in total. The van der Waals surface area contributed by atoms with Crippen LogP contribution in [-0.2, 0) is 16.0 Å². The number of nitrogen functional groups attached to an aromatic ring is 1. The number of sulfone groups is 1. The van der Waals surface area contributed by atoms with Crippen molar-refractivity contribution < 1.29 is 21.6 Å². The number of pyridine rings is 1. The quantitative estimate of drug-likeness (QED) is 0.569. The Morgan fingerprint density at radius 2 is 1.95 bits per heavy atom. The van der Waals surface area contributed by atoms with Gasteiger partial charge in [0.2, 0.25) is 0 Å². The number of aromatic nitrogens is 1. The number of hydrogen-bond donors (Lipinski definition) is 3. The van der Waals surface area contributed by atoms with Crippen LogP contribution in [-0.4, -0.2) is 30.9 Å². The molecule has 2 rings (SSSR count). The van der Waals surface area contributed by atoms with E-state index in [4.69, 9.17) is 5.84 Å². The maximum atomic E-state index is 12.7. The molecular formula is C10H13F3N4O2S. The second-order valence-electron chi connectivity index (χ2n) is 4.51. The lowest BCUT2D eigenvalue weighted by Gasteiger charge is -2.15. The Kier molecular flexibility index (Phi) is 3.78. The minimum atomic E-state index is -4.53. The number of alkyl halides is 3. The Hall–Kier alpha value is -1.55. The second-order valence-corrected chi connectivity index (χ2v) is 6.74. The summed E-state index contributed by atoms with van der Waals surface area (Å²) < 4.78 is 60.7. The lowest BCUT2D eigenvalue weighted by atomic mass is 10.2. The molecule has 1 aromatic rings. The van der Waals surface area contributed by atoms with Crippen molar-refractivity contribution in [2.75, 3.05) is 22.2 Å². The van der Waals surface area contributed by atoms with E-state index in [-0.39, 0.29) is 23.1 Å². The molecule has 1 aliphatic rings. The first kappa shape index (κ1) is 14.9. The summed E-state index contributed by atoms with van der Waals surface area (Å²) in [6, 6.07) is 1.16.